The molecule has 0 unspecified atom stereocenters. The number of rotatable bonds is 3. The van der Waals surface area contributed by atoms with Crippen LogP contribution in [0.4, 0.5) is 11.4 Å². The van der Waals surface area contributed by atoms with Crippen molar-refractivity contribution in [3.05, 3.63) is 94.5 Å². The number of nitrogens with zero attached hydrogens (tertiary/aromatic N) is 2. The first kappa shape index (κ1) is 19.1. The summed E-state index contributed by atoms with van der Waals surface area (Å²) >= 11 is 12.2. The number of fused-ring (bicyclic) bond motifs is 1. The van der Waals surface area contributed by atoms with Crippen molar-refractivity contribution < 1.29 is 14.4 Å². The van der Waals surface area contributed by atoms with E-state index in [0.29, 0.717) is 15.7 Å². The van der Waals surface area contributed by atoms with E-state index in [0.717, 1.165) is 11.3 Å². The molecule has 2 aliphatic heterocycles. The lowest BCUT2D eigenvalue weighted by Crippen LogP contribution is -2.37. The molecule has 2 amide bonds. The lowest BCUT2D eigenvalue weighted by Gasteiger charge is -2.28. The van der Waals surface area contributed by atoms with Crippen LogP contribution in [0, 0.1) is 5.92 Å². The fourth-order valence-electron chi connectivity index (χ4n) is 4.09. The maximum absolute atomic E-state index is 13.5. The van der Waals surface area contributed by atoms with E-state index < -0.39 is 24.0 Å². The standard InChI is InChI=1S/C23H16Cl2N2O3/c24-15-9-11-17(12-10-15)26-22(28)19-20(14-5-4-6-16(25)13-14)27(30-21(19)23(26)29)18-7-2-1-3-8-18/h1-13,19-21H/t19-,20+,21-/m1/s1. The van der Waals surface area contributed by atoms with E-state index in [2.05, 4.69) is 0 Å². The molecule has 0 N–H and O–H groups in total. The smallest absolute Gasteiger partial charge is 0.266 e. The molecule has 0 bridgehead atoms. The number of benzene rings is 3. The minimum atomic E-state index is -0.919. The van der Waals surface area contributed by atoms with Gasteiger partial charge >= 0.3 is 0 Å². The number of carbonyl (C=O) groups is 2. The maximum Gasteiger partial charge on any atom is 0.266 e. The highest BCUT2D eigenvalue weighted by Crippen LogP contribution is 2.47. The summed E-state index contributed by atoms with van der Waals surface area (Å²) < 4.78 is 0. The number of hydrogen-bond acceptors (Lipinski definition) is 4. The van der Waals surface area contributed by atoms with Gasteiger partial charge in [0, 0.05) is 10.0 Å². The van der Waals surface area contributed by atoms with Gasteiger partial charge in [-0.2, -0.15) is 0 Å². The van der Waals surface area contributed by atoms with Gasteiger partial charge in [-0.1, -0.05) is 53.5 Å². The van der Waals surface area contributed by atoms with E-state index in [9.17, 15) is 9.59 Å². The maximum atomic E-state index is 13.5. The summed E-state index contributed by atoms with van der Waals surface area (Å²) in [4.78, 5) is 33.9. The lowest BCUT2D eigenvalue weighted by atomic mass is 9.90. The van der Waals surface area contributed by atoms with Crippen LogP contribution in [-0.2, 0) is 14.4 Å². The van der Waals surface area contributed by atoms with Gasteiger partial charge in [-0.15, -0.1) is 0 Å². The Labute approximate surface area is 183 Å². The molecule has 2 saturated heterocycles. The molecular formula is C23H16Cl2N2O3. The highest BCUT2D eigenvalue weighted by atomic mass is 35.5. The Balaban J connectivity index is 1.59. The topological polar surface area (TPSA) is 49.9 Å². The second-order valence-corrected chi connectivity index (χ2v) is 8.07. The van der Waals surface area contributed by atoms with Gasteiger partial charge in [-0.25, -0.2) is 9.96 Å². The van der Waals surface area contributed by atoms with E-state index in [1.54, 1.807) is 41.5 Å². The van der Waals surface area contributed by atoms with E-state index in [1.807, 2.05) is 42.5 Å². The van der Waals surface area contributed by atoms with Crippen molar-refractivity contribution in [1.29, 1.82) is 0 Å². The molecule has 0 aromatic heterocycles. The summed E-state index contributed by atoms with van der Waals surface area (Å²) in [5, 5.41) is 2.73. The monoisotopic (exact) mass is 438 g/mol. The fraction of sp³-hybridized carbons (Fsp3) is 0.130. The predicted molar refractivity (Wildman–Crippen MR) is 115 cm³/mol. The Morgan fingerprint density at radius 2 is 1.47 bits per heavy atom. The number of anilines is 2. The van der Waals surface area contributed by atoms with Gasteiger partial charge < -0.3 is 0 Å². The van der Waals surface area contributed by atoms with Crippen LogP contribution in [0.3, 0.4) is 0 Å². The van der Waals surface area contributed by atoms with Crippen LogP contribution < -0.4 is 9.96 Å². The third-order valence-electron chi connectivity index (χ3n) is 5.40. The minimum Gasteiger partial charge on any atom is -0.273 e. The van der Waals surface area contributed by atoms with Crippen molar-refractivity contribution in [3.8, 4) is 0 Å². The molecule has 150 valence electrons. The van der Waals surface area contributed by atoms with Gasteiger partial charge in [0.25, 0.3) is 5.91 Å². The zero-order valence-electron chi connectivity index (χ0n) is 15.6. The zero-order valence-corrected chi connectivity index (χ0v) is 17.1. The highest BCUT2D eigenvalue weighted by Gasteiger charge is 2.60. The Bertz CT molecular complexity index is 1120. The number of hydrogen-bond donors (Lipinski definition) is 0. The molecule has 2 aliphatic rings. The van der Waals surface area contributed by atoms with Gasteiger partial charge in [-0.3, -0.25) is 14.4 Å². The average Bonchev–Trinajstić information content (AvgIpc) is 3.26. The zero-order chi connectivity index (χ0) is 20.8. The second-order valence-electron chi connectivity index (χ2n) is 7.20. The Morgan fingerprint density at radius 3 is 2.17 bits per heavy atom. The van der Waals surface area contributed by atoms with Crippen molar-refractivity contribution in [1.82, 2.24) is 0 Å². The molecule has 2 fully saturated rings. The first-order chi connectivity index (χ1) is 14.5. The molecule has 2 heterocycles. The molecular weight excluding hydrogens is 423 g/mol. The number of halogens is 2. The van der Waals surface area contributed by atoms with Gasteiger partial charge in [0.2, 0.25) is 5.91 Å². The summed E-state index contributed by atoms with van der Waals surface area (Å²) in [6.07, 6.45) is -0.919. The van der Waals surface area contributed by atoms with Crippen molar-refractivity contribution in [2.75, 3.05) is 9.96 Å². The van der Waals surface area contributed by atoms with Crippen LogP contribution in [0.25, 0.3) is 0 Å². The molecule has 3 aromatic carbocycles. The van der Waals surface area contributed by atoms with Crippen LogP contribution in [0.15, 0.2) is 78.9 Å². The van der Waals surface area contributed by atoms with Crippen LogP contribution in [-0.4, -0.2) is 17.9 Å². The number of hydroxylamine groups is 1. The molecule has 0 saturated carbocycles. The Hall–Kier alpha value is -2.86. The molecule has 7 heteroatoms. The quantitative estimate of drug-likeness (QED) is 0.537. The van der Waals surface area contributed by atoms with Crippen LogP contribution >= 0.6 is 23.2 Å². The van der Waals surface area contributed by atoms with Crippen LogP contribution in [0.1, 0.15) is 11.6 Å². The summed E-state index contributed by atoms with van der Waals surface area (Å²) in [5.74, 6) is -1.40. The molecule has 30 heavy (non-hydrogen) atoms. The summed E-state index contributed by atoms with van der Waals surface area (Å²) in [6.45, 7) is 0. The van der Waals surface area contributed by atoms with Gasteiger partial charge in [0.1, 0.15) is 5.92 Å². The SMILES string of the molecule is O=C1[C@H]2[C@@H](ON(c3ccccc3)[C@H]2c2cccc(Cl)c2)C(=O)N1c1ccc(Cl)cc1. The first-order valence-electron chi connectivity index (χ1n) is 9.44. The third-order valence-corrected chi connectivity index (χ3v) is 5.89. The van der Waals surface area contributed by atoms with Crippen molar-refractivity contribution in [2.45, 2.75) is 12.1 Å². The molecule has 3 aromatic rings. The molecule has 0 aliphatic carbocycles. The van der Waals surface area contributed by atoms with Crippen molar-refractivity contribution in [2.24, 2.45) is 5.92 Å². The van der Waals surface area contributed by atoms with E-state index >= 15 is 0 Å². The molecule has 0 radical (unpaired) electrons. The van der Waals surface area contributed by atoms with Gasteiger partial charge in [0.15, 0.2) is 6.10 Å². The first-order valence-corrected chi connectivity index (χ1v) is 10.2. The van der Waals surface area contributed by atoms with Gasteiger partial charge in [0.05, 0.1) is 17.4 Å². The fourth-order valence-corrected chi connectivity index (χ4v) is 4.41. The van der Waals surface area contributed by atoms with Crippen molar-refractivity contribution in [3.63, 3.8) is 0 Å². The van der Waals surface area contributed by atoms with Crippen LogP contribution in [0.2, 0.25) is 10.0 Å². The van der Waals surface area contributed by atoms with Crippen LogP contribution in [0.5, 0.6) is 0 Å². The molecule has 5 rings (SSSR count). The Morgan fingerprint density at radius 1 is 0.733 bits per heavy atom. The molecule has 5 nitrogen and oxygen atoms in total. The predicted octanol–water partition coefficient (Wildman–Crippen LogP) is 5.04. The summed E-state index contributed by atoms with van der Waals surface area (Å²) in [5.41, 5.74) is 2.04. The number of imide groups is 1. The van der Waals surface area contributed by atoms with E-state index in [4.69, 9.17) is 28.0 Å². The number of amides is 2. The highest BCUT2D eigenvalue weighted by molar-refractivity contribution is 6.31. The third kappa shape index (κ3) is 3.06. The van der Waals surface area contributed by atoms with Gasteiger partial charge in [-0.05, 0) is 54.1 Å². The second kappa shape index (κ2) is 7.43. The largest absolute Gasteiger partial charge is 0.273 e. The van der Waals surface area contributed by atoms with E-state index in [-0.39, 0.29) is 5.91 Å². The van der Waals surface area contributed by atoms with E-state index in [1.165, 1.54) is 4.90 Å². The number of para-hydroxylation sites is 1. The normalized spacial score (nSPS) is 23.2. The lowest BCUT2D eigenvalue weighted by molar-refractivity contribution is -0.126. The number of carbonyl (C=O) groups excluding carboxylic acids is 2. The Kier molecular flexibility index (Phi) is 4.74. The molecule has 0 spiro atoms. The average molecular weight is 439 g/mol. The summed E-state index contributed by atoms with van der Waals surface area (Å²) in [7, 11) is 0. The minimum absolute atomic E-state index is 0.310. The van der Waals surface area contributed by atoms with Crippen molar-refractivity contribution >= 4 is 46.4 Å². The molecule has 3 atom stereocenters. The summed E-state index contributed by atoms with van der Waals surface area (Å²) in [6, 6.07) is 22.8.